The maximum atomic E-state index is 12.4. The Morgan fingerprint density at radius 3 is 2.54 bits per heavy atom. The number of ether oxygens (including phenoxy) is 1. The number of carbonyl (C=O) groups is 2. The molecule has 2 aromatic carbocycles. The van der Waals surface area contributed by atoms with Gasteiger partial charge in [-0.3, -0.25) is 9.59 Å². The molecule has 1 saturated heterocycles. The average Bonchev–Trinajstić information content (AvgIpc) is 2.96. The van der Waals surface area contributed by atoms with E-state index >= 15 is 0 Å². The standard InChI is InChI=1S/C19H17BrN2O3S/c1-2-25-15-9-7-14(8-10-15)21-19-22-18(24)17(26-19)11-16(23)12-3-5-13(20)6-4-12/h3-10,17H,2,11H2,1H3,(H,21,22,24). The van der Waals surface area contributed by atoms with Gasteiger partial charge in [-0.2, -0.15) is 0 Å². The van der Waals surface area contributed by atoms with Crippen molar-refractivity contribution in [1.82, 2.24) is 5.32 Å². The van der Waals surface area contributed by atoms with E-state index in [-0.39, 0.29) is 18.1 Å². The van der Waals surface area contributed by atoms with Crippen LogP contribution in [0.15, 0.2) is 58.0 Å². The maximum Gasteiger partial charge on any atom is 0.240 e. The molecule has 1 amide bonds. The Hall–Kier alpha value is -2.12. The molecule has 1 N–H and O–H groups in total. The molecule has 2 aromatic rings. The number of nitrogens with one attached hydrogen (secondary N) is 1. The SMILES string of the molecule is CCOc1ccc(N=C2NC(=O)C(CC(=O)c3ccc(Br)cc3)S2)cc1. The fourth-order valence-electron chi connectivity index (χ4n) is 2.42. The molecule has 134 valence electrons. The molecule has 1 aliphatic rings. The summed E-state index contributed by atoms with van der Waals surface area (Å²) in [7, 11) is 0. The zero-order valence-electron chi connectivity index (χ0n) is 14.1. The molecule has 1 heterocycles. The van der Waals surface area contributed by atoms with Crippen LogP contribution < -0.4 is 10.1 Å². The summed E-state index contributed by atoms with van der Waals surface area (Å²) in [5.41, 5.74) is 1.31. The second kappa shape index (κ2) is 8.51. The van der Waals surface area contributed by atoms with Crippen LogP contribution in [0.5, 0.6) is 5.75 Å². The summed E-state index contributed by atoms with van der Waals surface area (Å²) in [6.07, 6.45) is 0.139. The van der Waals surface area contributed by atoms with Crippen LogP contribution in [0.4, 0.5) is 5.69 Å². The average molecular weight is 433 g/mol. The number of thioether (sulfide) groups is 1. The van der Waals surface area contributed by atoms with Crippen LogP contribution in [0.25, 0.3) is 0 Å². The van der Waals surface area contributed by atoms with Crippen molar-refractivity contribution in [1.29, 1.82) is 0 Å². The van der Waals surface area contributed by atoms with Crippen molar-refractivity contribution in [2.75, 3.05) is 6.61 Å². The summed E-state index contributed by atoms with van der Waals surface area (Å²) in [5, 5.41) is 2.78. The molecule has 1 unspecified atom stereocenters. The van der Waals surface area contributed by atoms with Crippen LogP contribution in [0.2, 0.25) is 0 Å². The van der Waals surface area contributed by atoms with E-state index in [4.69, 9.17) is 4.74 Å². The van der Waals surface area contributed by atoms with E-state index < -0.39 is 5.25 Å². The minimum Gasteiger partial charge on any atom is -0.494 e. The molecule has 0 aromatic heterocycles. The maximum absolute atomic E-state index is 12.4. The van der Waals surface area contributed by atoms with Gasteiger partial charge in [-0.25, -0.2) is 4.99 Å². The third-order valence-corrected chi connectivity index (χ3v) is 5.30. The molecule has 1 atom stereocenters. The van der Waals surface area contributed by atoms with E-state index in [1.165, 1.54) is 11.8 Å². The lowest BCUT2D eigenvalue weighted by Gasteiger charge is -2.04. The highest BCUT2D eigenvalue weighted by molar-refractivity contribution is 9.10. The monoisotopic (exact) mass is 432 g/mol. The summed E-state index contributed by atoms with van der Waals surface area (Å²) in [5.74, 6) is 0.523. The Labute approximate surface area is 164 Å². The van der Waals surface area contributed by atoms with Gasteiger partial charge in [0.15, 0.2) is 11.0 Å². The van der Waals surface area contributed by atoms with E-state index in [1.807, 2.05) is 43.3 Å². The molecular formula is C19H17BrN2O3S. The predicted molar refractivity (Wildman–Crippen MR) is 107 cm³/mol. The number of halogens is 1. The van der Waals surface area contributed by atoms with Crippen LogP contribution in [0.3, 0.4) is 0 Å². The van der Waals surface area contributed by atoms with E-state index in [0.29, 0.717) is 17.3 Å². The molecule has 0 spiro atoms. The van der Waals surface area contributed by atoms with Crippen molar-refractivity contribution in [3.05, 3.63) is 58.6 Å². The molecule has 0 bridgehead atoms. The second-order valence-electron chi connectivity index (χ2n) is 5.57. The lowest BCUT2D eigenvalue weighted by molar-refractivity contribution is -0.118. The third-order valence-electron chi connectivity index (χ3n) is 3.69. The van der Waals surface area contributed by atoms with Crippen molar-refractivity contribution >= 4 is 50.2 Å². The van der Waals surface area contributed by atoms with Gasteiger partial charge in [0, 0.05) is 16.5 Å². The number of carbonyl (C=O) groups excluding carboxylic acids is 2. The molecule has 26 heavy (non-hydrogen) atoms. The minimum absolute atomic E-state index is 0.0625. The quantitative estimate of drug-likeness (QED) is 0.689. The normalized spacial score (nSPS) is 18.0. The van der Waals surface area contributed by atoms with Crippen LogP contribution in [0.1, 0.15) is 23.7 Å². The Morgan fingerprint density at radius 1 is 1.19 bits per heavy atom. The van der Waals surface area contributed by atoms with Crippen molar-refractivity contribution in [3.8, 4) is 5.75 Å². The number of ketones is 1. The van der Waals surface area contributed by atoms with Crippen molar-refractivity contribution < 1.29 is 14.3 Å². The number of hydrogen-bond donors (Lipinski definition) is 1. The molecule has 0 saturated carbocycles. The van der Waals surface area contributed by atoms with Gasteiger partial charge in [-0.1, -0.05) is 39.8 Å². The van der Waals surface area contributed by atoms with Gasteiger partial charge < -0.3 is 10.1 Å². The van der Waals surface area contributed by atoms with Gasteiger partial charge in [0.25, 0.3) is 0 Å². The van der Waals surface area contributed by atoms with Crippen molar-refractivity contribution in [2.45, 2.75) is 18.6 Å². The van der Waals surface area contributed by atoms with Gasteiger partial charge in [-0.05, 0) is 43.3 Å². The largest absolute Gasteiger partial charge is 0.494 e. The third kappa shape index (κ3) is 4.74. The first kappa shape index (κ1) is 18.7. The second-order valence-corrected chi connectivity index (χ2v) is 7.68. The van der Waals surface area contributed by atoms with E-state index in [9.17, 15) is 9.59 Å². The number of amides is 1. The number of nitrogens with zero attached hydrogens (tertiary/aromatic N) is 1. The minimum atomic E-state index is -0.465. The number of rotatable bonds is 6. The summed E-state index contributed by atoms with van der Waals surface area (Å²) >= 11 is 4.62. The Balaban J connectivity index is 1.64. The lowest BCUT2D eigenvalue weighted by atomic mass is 10.1. The highest BCUT2D eigenvalue weighted by atomic mass is 79.9. The molecule has 3 rings (SSSR count). The highest BCUT2D eigenvalue weighted by Crippen LogP contribution is 2.27. The van der Waals surface area contributed by atoms with Gasteiger partial charge in [0.2, 0.25) is 5.91 Å². The molecule has 0 aliphatic carbocycles. The molecule has 1 fully saturated rings. The topological polar surface area (TPSA) is 67.8 Å². The predicted octanol–water partition coefficient (Wildman–Crippen LogP) is 4.34. The molecule has 1 aliphatic heterocycles. The number of Topliss-reactive ketones (excluding diaryl/α,β-unsaturated/α-hetero) is 1. The number of amidine groups is 1. The summed E-state index contributed by atoms with van der Waals surface area (Å²) in [6.45, 7) is 2.53. The van der Waals surface area contributed by atoms with Crippen molar-refractivity contribution in [2.24, 2.45) is 4.99 Å². The van der Waals surface area contributed by atoms with E-state index in [2.05, 4.69) is 26.2 Å². The number of hydrogen-bond acceptors (Lipinski definition) is 5. The van der Waals surface area contributed by atoms with E-state index in [0.717, 1.165) is 15.9 Å². The van der Waals surface area contributed by atoms with E-state index in [1.54, 1.807) is 12.1 Å². The Kier molecular flexibility index (Phi) is 6.11. The fraction of sp³-hybridized carbons (Fsp3) is 0.211. The van der Waals surface area contributed by atoms with Crippen LogP contribution >= 0.6 is 27.7 Å². The number of benzene rings is 2. The molecule has 5 nitrogen and oxygen atoms in total. The van der Waals surface area contributed by atoms with Gasteiger partial charge in [0.05, 0.1) is 17.5 Å². The zero-order chi connectivity index (χ0) is 18.5. The first-order valence-electron chi connectivity index (χ1n) is 8.13. The smallest absolute Gasteiger partial charge is 0.240 e. The van der Waals surface area contributed by atoms with Gasteiger partial charge in [-0.15, -0.1) is 0 Å². The van der Waals surface area contributed by atoms with Crippen LogP contribution in [-0.4, -0.2) is 28.7 Å². The lowest BCUT2D eigenvalue weighted by Crippen LogP contribution is -2.26. The summed E-state index contributed by atoms with van der Waals surface area (Å²) in [4.78, 5) is 28.9. The van der Waals surface area contributed by atoms with Crippen LogP contribution in [-0.2, 0) is 4.79 Å². The highest BCUT2D eigenvalue weighted by Gasteiger charge is 2.32. The van der Waals surface area contributed by atoms with Crippen LogP contribution in [0, 0.1) is 0 Å². The van der Waals surface area contributed by atoms with Gasteiger partial charge in [0.1, 0.15) is 5.75 Å². The first-order valence-corrected chi connectivity index (χ1v) is 9.80. The van der Waals surface area contributed by atoms with Gasteiger partial charge >= 0.3 is 0 Å². The molecule has 0 radical (unpaired) electrons. The molecular weight excluding hydrogens is 416 g/mol. The molecule has 7 heteroatoms. The van der Waals surface area contributed by atoms with Crippen molar-refractivity contribution in [3.63, 3.8) is 0 Å². The number of aliphatic imine (C=N–C) groups is 1. The Bertz CT molecular complexity index is 835. The summed E-state index contributed by atoms with van der Waals surface area (Å²) < 4.78 is 6.30. The first-order chi connectivity index (χ1) is 12.5. The zero-order valence-corrected chi connectivity index (χ0v) is 16.5. The summed E-state index contributed by atoms with van der Waals surface area (Å²) in [6, 6.07) is 14.4. The fourth-order valence-corrected chi connectivity index (χ4v) is 3.67. The Morgan fingerprint density at radius 2 is 1.88 bits per heavy atom.